The van der Waals surface area contributed by atoms with Gasteiger partial charge in [-0.25, -0.2) is 0 Å². The van der Waals surface area contributed by atoms with E-state index >= 15 is 0 Å². The van der Waals surface area contributed by atoms with Gasteiger partial charge in [0.25, 0.3) is 0 Å². The minimum absolute atomic E-state index is 0.183. The van der Waals surface area contributed by atoms with Crippen LogP contribution in [0.15, 0.2) is 48.5 Å². The Balaban J connectivity index is 1.57. The minimum atomic E-state index is -0.183. The summed E-state index contributed by atoms with van der Waals surface area (Å²) in [5.41, 5.74) is 1.76. The lowest BCUT2D eigenvalue weighted by atomic mass is 10.2. The van der Waals surface area contributed by atoms with Crippen molar-refractivity contribution < 1.29 is 14.3 Å². The third-order valence-electron chi connectivity index (χ3n) is 3.22. The first kappa shape index (κ1) is 14.5. The number of carbonyl (C=O) groups excluding carboxylic acids is 1. The van der Waals surface area contributed by atoms with E-state index in [0.29, 0.717) is 17.3 Å². The lowest BCUT2D eigenvalue weighted by Gasteiger charge is -2.04. The number of nitrogens with one attached hydrogen (secondary N) is 1. The van der Waals surface area contributed by atoms with E-state index in [-0.39, 0.29) is 12.7 Å². The zero-order chi connectivity index (χ0) is 15.4. The van der Waals surface area contributed by atoms with Crippen LogP contribution in [0.3, 0.4) is 0 Å². The molecule has 0 saturated heterocycles. The van der Waals surface area contributed by atoms with Crippen molar-refractivity contribution in [2.24, 2.45) is 0 Å². The van der Waals surface area contributed by atoms with E-state index in [1.54, 1.807) is 12.1 Å². The Morgan fingerprint density at radius 1 is 1.18 bits per heavy atom. The van der Waals surface area contributed by atoms with Crippen LogP contribution in [0.25, 0.3) is 6.08 Å². The Morgan fingerprint density at radius 3 is 2.86 bits per heavy atom. The van der Waals surface area contributed by atoms with Crippen LogP contribution in [0.4, 0.5) is 0 Å². The van der Waals surface area contributed by atoms with Crippen molar-refractivity contribution in [2.75, 3.05) is 6.79 Å². The Morgan fingerprint density at radius 2 is 2.00 bits per heavy atom. The highest BCUT2D eigenvalue weighted by molar-refractivity contribution is 6.32. The molecule has 0 atom stereocenters. The smallest absolute Gasteiger partial charge is 0.244 e. The number of benzene rings is 2. The molecule has 4 nitrogen and oxygen atoms in total. The van der Waals surface area contributed by atoms with Gasteiger partial charge in [-0.1, -0.05) is 35.9 Å². The Labute approximate surface area is 133 Å². The number of hydrogen-bond acceptors (Lipinski definition) is 3. The summed E-state index contributed by atoms with van der Waals surface area (Å²) in [5, 5.41) is 3.43. The lowest BCUT2D eigenvalue weighted by Crippen LogP contribution is -2.20. The molecule has 112 valence electrons. The summed E-state index contributed by atoms with van der Waals surface area (Å²) in [7, 11) is 0. The van der Waals surface area contributed by atoms with Gasteiger partial charge < -0.3 is 14.8 Å². The molecule has 22 heavy (non-hydrogen) atoms. The van der Waals surface area contributed by atoms with Gasteiger partial charge in [0, 0.05) is 17.6 Å². The van der Waals surface area contributed by atoms with Gasteiger partial charge >= 0.3 is 0 Å². The van der Waals surface area contributed by atoms with Gasteiger partial charge in [-0.05, 0) is 35.4 Å². The maximum absolute atomic E-state index is 11.8. The summed E-state index contributed by atoms with van der Waals surface area (Å²) in [6, 6.07) is 12.9. The standard InChI is InChI=1S/C17H14ClNO3/c18-14-4-2-1-3-13(14)6-8-17(20)19-10-12-5-7-15-16(9-12)22-11-21-15/h1-9H,10-11H2,(H,19,20)/b8-6+. The molecule has 1 heterocycles. The number of hydrogen-bond donors (Lipinski definition) is 1. The summed E-state index contributed by atoms with van der Waals surface area (Å²) in [4.78, 5) is 11.8. The summed E-state index contributed by atoms with van der Waals surface area (Å²) in [5.74, 6) is 1.25. The summed E-state index contributed by atoms with van der Waals surface area (Å²) in [6.07, 6.45) is 3.16. The average molecular weight is 316 g/mol. The van der Waals surface area contributed by atoms with E-state index in [9.17, 15) is 4.79 Å². The molecule has 0 fully saturated rings. The van der Waals surface area contributed by atoms with Gasteiger partial charge in [0.05, 0.1) is 0 Å². The largest absolute Gasteiger partial charge is 0.454 e. The SMILES string of the molecule is O=C(/C=C/c1ccccc1Cl)NCc1ccc2c(c1)OCO2. The van der Waals surface area contributed by atoms with Crippen molar-refractivity contribution in [3.63, 3.8) is 0 Å². The number of carbonyl (C=O) groups is 1. The second kappa shape index (κ2) is 6.54. The maximum Gasteiger partial charge on any atom is 0.244 e. The molecule has 1 N–H and O–H groups in total. The van der Waals surface area contributed by atoms with Gasteiger partial charge in [0.2, 0.25) is 12.7 Å². The van der Waals surface area contributed by atoms with Crippen LogP contribution in [-0.2, 0) is 11.3 Å². The van der Waals surface area contributed by atoms with E-state index in [1.807, 2.05) is 36.4 Å². The number of fused-ring (bicyclic) bond motifs is 1. The van der Waals surface area contributed by atoms with Crippen LogP contribution in [0, 0.1) is 0 Å². The van der Waals surface area contributed by atoms with Gasteiger partial charge in [0.15, 0.2) is 11.5 Å². The quantitative estimate of drug-likeness (QED) is 0.880. The molecule has 1 amide bonds. The third-order valence-corrected chi connectivity index (χ3v) is 3.57. The van der Waals surface area contributed by atoms with Crippen LogP contribution in [-0.4, -0.2) is 12.7 Å². The summed E-state index contributed by atoms with van der Waals surface area (Å²) in [6.45, 7) is 0.661. The van der Waals surface area contributed by atoms with Crippen molar-refractivity contribution in [1.82, 2.24) is 5.32 Å². The van der Waals surface area contributed by atoms with Gasteiger partial charge in [0.1, 0.15) is 0 Å². The molecule has 0 aromatic heterocycles. The molecule has 0 bridgehead atoms. The van der Waals surface area contributed by atoms with E-state index in [4.69, 9.17) is 21.1 Å². The topological polar surface area (TPSA) is 47.6 Å². The molecule has 0 radical (unpaired) electrons. The van der Waals surface area contributed by atoms with Crippen LogP contribution < -0.4 is 14.8 Å². The zero-order valence-corrected chi connectivity index (χ0v) is 12.5. The van der Waals surface area contributed by atoms with Crippen LogP contribution in [0.1, 0.15) is 11.1 Å². The van der Waals surface area contributed by atoms with Crippen molar-refractivity contribution in [3.05, 3.63) is 64.7 Å². The molecule has 3 rings (SSSR count). The fraction of sp³-hybridized carbons (Fsp3) is 0.118. The van der Waals surface area contributed by atoms with E-state index in [2.05, 4.69) is 5.32 Å². The van der Waals surface area contributed by atoms with Gasteiger partial charge in [-0.3, -0.25) is 4.79 Å². The highest BCUT2D eigenvalue weighted by Crippen LogP contribution is 2.32. The highest BCUT2D eigenvalue weighted by atomic mass is 35.5. The number of rotatable bonds is 4. The van der Waals surface area contributed by atoms with Crippen molar-refractivity contribution in [3.8, 4) is 11.5 Å². The Kier molecular flexibility index (Phi) is 4.30. The fourth-order valence-corrected chi connectivity index (χ4v) is 2.27. The van der Waals surface area contributed by atoms with Crippen LogP contribution in [0.2, 0.25) is 5.02 Å². The molecule has 2 aromatic rings. The molecular formula is C17H14ClNO3. The third kappa shape index (κ3) is 3.40. The molecule has 0 unspecified atom stereocenters. The predicted molar refractivity (Wildman–Crippen MR) is 84.9 cm³/mol. The van der Waals surface area contributed by atoms with E-state index in [1.165, 1.54) is 6.08 Å². The molecule has 0 aliphatic carbocycles. The predicted octanol–water partition coefficient (Wildman–Crippen LogP) is 3.40. The van der Waals surface area contributed by atoms with Crippen molar-refractivity contribution >= 4 is 23.6 Å². The summed E-state index contributed by atoms with van der Waals surface area (Å²) >= 11 is 6.03. The van der Waals surface area contributed by atoms with Gasteiger partial charge in [-0.15, -0.1) is 0 Å². The van der Waals surface area contributed by atoms with Crippen LogP contribution >= 0.6 is 11.6 Å². The minimum Gasteiger partial charge on any atom is -0.454 e. The molecule has 0 spiro atoms. The van der Waals surface area contributed by atoms with Gasteiger partial charge in [-0.2, -0.15) is 0 Å². The highest BCUT2D eigenvalue weighted by Gasteiger charge is 2.13. The molecule has 1 aliphatic heterocycles. The summed E-state index contributed by atoms with van der Waals surface area (Å²) < 4.78 is 10.5. The number of halogens is 1. The molecular weight excluding hydrogens is 302 g/mol. The average Bonchev–Trinajstić information content (AvgIpc) is 2.99. The van der Waals surface area contributed by atoms with E-state index in [0.717, 1.165) is 16.9 Å². The van der Waals surface area contributed by atoms with Crippen LogP contribution in [0.5, 0.6) is 11.5 Å². The fourth-order valence-electron chi connectivity index (χ4n) is 2.07. The number of ether oxygens (including phenoxy) is 2. The molecule has 5 heteroatoms. The van der Waals surface area contributed by atoms with Crippen molar-refractivity contribution in [2.45, 2.75) is 6.54 Å². The second-order valence-corrected chi connectivity index (χ2v) is 5.17. The normalized spacial score (nSPS) is 12.6. The second-order valence-electron chi connectivity index (χ2n) is 4.76. The van der Waals surface area contributed by atoms with E-state index < -0.39 is 0 Å². The van der Waals surface area contributed by atoms with Crippen molar-refractivity contribution in [1.29, 1.82) is 0 Å². The first-order valence-corrected chi connectivity index (χ1v) is 7.19. The first-order valence-electron chi connectivity index (χ1n) is 6.81. The zero-order valence-electron chi connectivity index (χ0n) is 11.7. The first-order chi connectivity index (χ1) is 10.7. The lowest BCUT2D eigenvalue weighted by molar-refractivity contribution is -0.116. The monoisotopic (exact) mass is 315 g/mol. The Bertz CT molecular complexity index is 728. The molecule has 2 aromatic carbocycles. The molecule has 0 saturated carbocycles. The number of amides is 1. The Hall–Kier alpha value is -2.46. The maximum atomic E-state index is 11.8. The molecule has 1 aliphatic rings.